The van der Waals surface area contributed by atoms with E-state index in [0.29, 0.717) is 16.8 Å². The number of benzene rings is 2. The van der Waals surface area contributed by atoms with Gasteiger partial charge in [-0.25, -0.2) is 8.78 Å². The quantitative estimate of drug-likeness (QED) is 0.483. The molecule has 0 radical (unpaired) electrons. The van der Waals surface area contributed by atoms with Gasteiger partial charge in [0.05, 0.1) is 12.1 Å². The van der Waals surface area contributed by atoms with E-state index < -0.39 is 23.1 Å². The Hall–Kier alpha value is -3.33. The number of nitrogens with one attached hydrogen (secondary N) is 2. The number of H-pyrrole nitrogens is 1. The third-order valence-electron chi connectivity index (χ3n) is 4.36. The molecule has 2 aromatic heterocycles. The van der Waals surface area contributed by atoms with Gasteiger partial charge in [0.15, 0.2) is 17.5 Å². The summed E-state index contributed by atoms with van der Waals surface area (Å²) in [4.78, 5) is 25.4. The van der Waals surface area contributed by atoms with Crippen molar-refractivity contribution in [2.45, 2.75) is 6.54 Å². The number of rotatable bonds is 4. The van der Waals surface area contributed by atoms with Gasteiger partial charge in [0, 0.05) is 16.1 Å². The molecular weight excluding hydrogens is 446 g/mol. The van der Waals surface area contributed by atoms with Crippen LogP contribution in [0.5, 0.6) is 0 Å². The Labute approximate surface area is 171 Å². The second kappa shape index (κ2) is 7.59. The largest absolute Gasteiger partial charge is 0.310 e. The lowest BCUT2D eigenvalue weighted by atomic mass is 10.2. The van der Waals surface area contributed by atoms with Gasteiger partial charge in [-0.1, -0.05) is 22.0 Å². The number of hydrogen-bond donors (Lipinski definition) is 2. The van der Waals surface area contributed by atoms with Crippen LogP contribution >= 0.6 is 15.9 Å². The van der Waals surface area contributed by atoms with Crippen LogP contribution < -0.4 is 10.9 Å². The summed E-state index contributed by atoms with van der Waals surface area (Å²) in [5.41, 5.74) is 0.469. The minimum absolute atomic E-state index is 0.00453. The summed E-state index contributed by atoms with van der Waals surface area (Å²) in [6, 6.07) is 11.8. The summed E-state index contributed by atoms with van der Waals surface area (Å²) in [5.74, 6) is -2.29. The van der Waals surface area contributed by atoms with Crippen molar-refractivity contribution in [3.8, 4) is 0 Å². The van der Waals surface area contributed by atoms with Crippen molar-refractivity contribution in [1.82, 2.24) is 14.8 Å². The zero-order valence-corrected chi connectivity index (χ0v) is 16.3. The van der Waals surface area contributed by atoms with E-state index in [2.05, 4.69) is 31.4 Å². The summed E-state index contributed by atoms with van der Waals surface area (Å²) in [6.07, 6.45) is 1.47. The Bertz CT molecular complexity index is 1300. The number of carbonyl (C=O) groups excluding carboxylic acids is 1. The van der Waals surface area contributed by atoms with Crippen molar-refractivity contribution in [3.63, 3.8) is 0 Å². The maximum absolute atomic E-state index is 13.4. The average Bonchev–Trinajstić information content (AvgIpc) is 3.08. The molecule has 0 aliphatic heterocycles. The SMILES string of the molecule is O=C(Nc1n[nH]c2ccc(Br)cc12)c1cccn(Cc2ccc(F)c(F)c2)c1=O. The highest BCUT2D eigenvalue weighted by molar-refractivity contribution is 9.10. The number of halogens is 3. The Morgan fingerprint density at radius 2 is 1.97 bits per heavy atom. The topological polar surface area (TPSA) is 79.8 Å². The fraction of sp³-hybridized carbons (Fsp3) is 0.0500. The molecule has 6 nitrogen and oxygen atoms in total. The van der Waals surface area contributed by atoms with Gasteiger partial charge in [-0.15, -0.1) is 0 Å². The zero-order chi connectivity index (χ0) is 20.5. The summed E-state index contributed by atoms with van der Waals surface area (Å²) in [6.45, 7) is -0.00453. The number of amides is 1. The average molecular weight is 459 g/mol. The highest BCUT2D eigenvalue weighted by Crippen LogP contribution is 2.24. The molecule has 0 aliphatic carbocycles. The van der Waals surface area contributed by atoms with E-state index in [1.807, 2.05) is 6.07 Å². The van der Waals surface area contributed by atoms with E-state index in [4.69, 9.17) is 0 Å². The van der Waals surface area contributed by atoms with Gasteiger partial charge in [0.1, 0.15) is 5.56 Å². The van der Waals surface area contributed by atoms with Gasteiger partial charge in [0.25, 0.3) is 11.5 Å². The number of aromatic amines is 1. The van der Waals surface area contributed by atoms with Crippen LogP contribution in [0.15, 0.2) is 64.0 Å². The third-order valence-corrected chi connectivity index (χ3v) is 4.85. The van der Waals surface area contributed by atoms with Gasteiger partial charge < -0.3 is 9.88 Å². The number of hydrogen-bond acceptors (Lipinski definition) is 3. The Morgan fingerprint density at radius 1 is 1.14 bits per heavy atom. The first-order chi connectivity index (χ1) is 13.9. The number of aromatic nitrogens is 3. The maximum Gasteiger partial charge on any atom is 0.263 e. The molecule has 0 saturated heterocycles. The van der Waals surface area contributed by atoms with E-state index in [9.17, 15) is 18.4 Å². The summed E-state index contributed by atoms with van der Waals surface area (Å²) < 4.78 is 28.6. The highest BCUT2D eigenvalue weighted by atomic mass is 79.9. The van der Waals surface area contributed by atoms with Crippen molar-refractivity contribution in [2.24, 2.45) is 0 Å². The number of anilines is 1. The second-order valence-corrected chi connectivity index (χ2v) is 7.24. The molecule has 2 aromatic carbocycles. The molecule has 0 spiro atoms. The standard InChI is InChI=1S/C20H13BrF2N4O2/c21-12-4-6-17-14(9-12)18(26-25-17)24-19(28)13-2-1-7-27(20(13)29)10-11-3-5-15(22)16(23)8-11/h1-9H,10H2,(H2,24,25,26,28). The van der Waals surface area contributed by atoms with Crippen LogP contribution in [0.25, 0.3) is 10.9 Å². The van der Waals surface area contributed by atoms with Crippen LogP contribution in [-0.2, 0) is 6.54 Å². The molecule has 2 N–H and O–H groups in total. The fourth-order valence-corrected chi connectivity index (χ4v) is 3.29. The van der Waals surface area contributed by atoms with E-state index in [-0.39, 0.29) is 12.1 Å². The van der Waals surface area contributed by atoms with Crippen molar-refractivity contribution < 1.29 is 13.6 Å². The molecule has 0 saturated carbocycles. The minimum Gasteiger partial charge on any atom is -0.310 e. The summed E-state index contributed by atoms with van der Waals surface area (Å²) in [5, 5.41) is 10.2. The molecule has 0 bridgehead atoms. The zero-order valence-electron chi connectivity index (χ0n) is 14.7. The molecule has 2 heterocycles. The minimum atomic E-state index is -0.999. The molecule has 29 heavy (non-hydrogen) atoms. The molecule has 4 rings (SSSR count). The monoisotopic (exact) mass is 458 g/mol. The summed E-state index contributed by atoms with van der Waals surface area (Å²) in [7, 11) is 0. The molecule has 0 atom stereocenters. The van der Waals surface area contributed by atoms with Crippen LogP contribution in [0, 0.1) is 11.6 Å². The van der Waals surface area contributed by atoms with Gasteiger partial charge >= 0.3 is 0 Å². The molecular formula is C20H13BrF2N4O2. The Balaban J connectivity index is 1.62. The first kappa shape index (κ1) is 19.0. The molecule has 9 heteroatoms. The van der Waals surface area contributed by atoms with E-state index in [0.717, 1.165) is 22.1 Å². The van der Waals surface area contributed by atoms with Crippen LogP contribution in [0.1, 0.15) is 15.9 Å². The van der Waals surface area contributed by atoms with Crippen LogP contribution in [0.2, 0.25) is 0 Å². The first-order valence-corrected chi connectivity index (χ1v) is 9.30. The van der Waals surface area contributed by atoms with Gasteiger partial charge in [-0.05, 0) is 48.0 Å². The van der Waals surface area contributed by atoms with Crippen LogP contribution in [0.3, 0.4) is 0 Å². The van der Waals surface area contributed by atoms with Crippen LogP contribution in [0.4, 0.5) is 14.6 Å². The van der Waals surface area contributed by atoms with Crippen molar-refractivity contribution >= 4 is 38.6 Å². The predicted molar refractivity (Wildman–Crippen MR) is 108 cm³/mol. The molecule has 0 aliphatic rings. The van der Waals surface area contributed by atoms with Crippen molar-refractivity contribution in [3.05, 3.63) is 92.3 Å². The smallest absolute Gasteiger partial charge is 0.263 e. The molecule has 1 amide bonds. The predicted octanol–water partition coefficient (Wildman–Crippen LogP) is 4.07. The van der Waals surface area contributed by atoms with E-state index in [1.165, 1.54) is 29.0 Å². The number of nitrogens with zero attached hydrogens (tertiary/aromatic N) is 2. The molecule has 146 valence electrons. The number of pyridine rings is 1. The summed E-state index contributed by atoms with van der Waals surface area (Å²) >= 11 is 3.37. The first-order valence-electron chi connectivity index (χ1n) is 8.51. The Kier molecular flexibility index (Phi) is 4.98. The lowest BCUT2D eigenvalue weighted by Crippen LogP contribution is -2.29. The van der Waals surface area contributed by atoms with Crippen LogP contribution in [-0.4, -0.2) is 20.7 Å². The number of fused-ring (bicyclic) bond motifs is 1. The van der Waals surface area contributed by atoms with Crippen molar-refractivity contribution in [2.75, 3.05) is 5.32 Å². The van der Waals surface area contributed by atoms with E-state index in [1.54, 1.807) is 12.1 Å². The molecule has 0 fully saturated rings. The maximum atomic E-state index is 13.4. The molecule has 0 unspecified atom stereocenters. The number of carbonyl (C=O) groups is 1. The normalized spacial score (nSPS) is 11.0. The molecule has 4 aromatic rings. The third kappa shape index (κ3) is 3.81. The highest BCUT2D eigenvalue weighted by Gasteiger charge is 2.16. The van der Waals surface area contributed by atoms with E-state index >= 15 is 0 Å². The van der Waals surface area contributed by atoms with Crippen molar-refractivity contribution in [1.29, 1.82) is 0 Å². The van der Waals surface area contributed by atoms with Gasteiger partial charge in [0.2, 0.25) is 0 Å². The fourth-order valence-electron chi connectivity index (χ4n) is 2.93. The Morgan fingerprint density at radius 3 is 2.76 bits per heavy atom. The van der Waals surface area contributed by atoms with Gasteiger partial charge in [-0.2, -0.15) is 5.10 Å². The van der Waals surface area contributed by atoms with Gasteiger partial charge in [-0.3, -0.25) is 14.7 Å². The lowest BCUT2D eigenvalue weighted by molar-refractivity contribution is 0.102. The second-order valence-electron chi connectivity index (χ2n) is 6.32. The lowest BCUT2D eigenvalue weighted by Gasteiger charge is -2.09.